The highest BCUT2D eigenvalue weighted by Gasteiger charge is 2.17. The lowest BCUT2D eigenvalue weighted by Crippen LogP contribution is -2.23. The summed E-state index contributed by atoms with van der Waals surface area (Å²) in [6.07, 6.45) is 14.3. The zero-order valence-corrected chi connectivity index (χ0v) is 20.2. The maximum atomic E-state index is 11.4. The van der Waals surface area contributed by atoms with Gasteiger partial charge in [0.15, 0.2) is 6.10 Å². The highest BCUT2D eigenvalue weighted by atomic mass is 16.5. The summed E-state index contributed by atoms with van der Waals surface area (Å²) in [6, 6.07) is 9.68. The van der Waals surface area contributed by atoms with E-state index in [4.69, 9.17) is 9.47 Å². The minimum atomic E-state index is -0.877. The number of unbranched alkanes of at least 4 members (excludes halogenated alkanes) is 9. The van der Waals surface area contributed by atoms with Gasteiger partial charge in [-0.25, -0.2) is 4.79 Å². The van der Waals surface area contributed by atoms with Crippen molar-refractivity contribution < 1.29 is 24.2 Å². The summed E-state index contributed by atoms with van der Waals surface area (Å²) in [7, 11) is 0. The number of carbonyl (C=O) groups is 2. The van der Waals surface area contributed by atoms with Gasteiger partial charge >= 0.3 is 11.9 Å². The maximum absolute atomic E-state index is 11.4. The number of hydrogen-bond acceptors (Lipinski definition) is 4. The number of aliphatic carboxylic acids is 1. The molecule has 1 aromatic rings. The van der Waals surface area contributed by atoms with Gasteiger partial charge < -0.3 is 14.6 Å². The second-order valence-electron chi connectivity index (χ2n) is 8.76. The normalized spacial score (nSPS) is 12.9. The monoisotopic (exact) mass is 448 g/mol. The van der Waals surface area contributed by atoms with E-state index in [1.165, 1.54) is 32.6 Å². The smallest absolute Gasteiger partial charge is 0.332 e. The van der Waals surface area contributed by atoms with Gasteiger partial charge in [-0.3, -0.25) is 4.79 Å². The van der Waals surface area contributed by atoms with Crippen LogP contribution in [-0.4, -0.2) is 29.3 Å². The molecule has 2 atom stereocenters. The van der Waals surface area contributed by atoms with Crippen LogP contribution in [0.4, 0.5) is 0 Å². The minimum absolute atomic E-state index is 0.0770. The molecule has 0 saturated carbocycles. The topological polar surface area (TPSA) is 72.8 Å². The highest BCUT2D eigenvalue weighted by molar-refractivity contribution is 5.72. The predicted molar refractivity (Wildman–Crippen MR) is 129 cm³/mol. The predicted octanol–water partition coefficient (Wildman–Crippen LogP) is 7.07. The summed E-state index contributed by atoms with van der Waals surface area (Å²) in [5.41, 5.74) is 0.996. The standard InChI is InChI=1S/C27H44O5/c1-3-4-5-14-19-25(32-23(2)28)20-15-9-7-6-8-10-16-21-26(27(29)30)31-22-24-17-12-11-13-18-24/h11-13,17-18,25-26H,3-10,14-16,19-22H2,1-2H3,(H,29,30). The molecule has 5 nitrogen and oxygen atoms in total. The van der Waals surface area contributed by atoms with Crippen molar-refractivity contribution >= 4 is 11.9 Å². The van der Waals surface area contributed by atoms with Gasteiger partial charge in [-0.1, -0.05) is 95.0 Å². The molecule has 0 spiro atoms. The van der Waals surface area contributed by atoms with Crippen molar-refractivity contribution in [3.63, 3.8) is 0 Å². The molecule has 0 aliphatic heterocycles. The first kappa shape index (κ1) is 28.2. The molecule has 32 heavy (non-hydrogen) atoms. The van der Waals surface area contributed by atoms with Crippen LogP contribution in [0, 0.1) is 0 Å². The van der Waals surface area contributed by atoms with Gasteiger partial charge in [0.1, 0.15) is 6.10 Å². The van der Waals surface area contributed by atoms with Crippen molar-refractivity contribution in [2.24, 2.45) is 0 Å². The lowest BCUT2D eigenvalue weighted by atomic mass is 10.0. The van der Waals surface area contributed by atoms with Gasteiger partial charge in [0.2, 0.25) is 0 Å². The molecule has 0 saturated heterocycles. The van der Waals surface area contributed by atoms with Crippen molar-refractivity contribution in [1.29, 1.82) is 0 Å². The summed E-state index contributed by atoms with van der Waals surface area (Å²) in [6.45, 7) is 4.04. The Morgan fingerprint density at radius 2 is 1.34 bits per heavy atom. The molecule has 0 fully saturated rings. The Balaban J connectivity index is 2.08. The lowest BCUT2D eigenvalue weighted by molar-refractivity contribution is -0.152. The Morgan fingerprint density at radius 3 is 1.88 bits per heavy atom. The zero-order chi connectivity index (χ0) is 23.4. The molecular weight excluding hydrogens is 404 g/mol. The molecule has 0 aliphatic carbocycles. The first-order chi connectivity index (χ1) is 15.5. The van der Waals surface area contributed by atoms with Crippen LogP contribution in [-0.2, 0) is 25.7 Å². The number of carbonyl (C=O) groups excluding carboxylic acids is 1. The van der Waals surface area contributed by atoms with Gasteiger partial charge in [0.25, 0.3) is 0 Å². The van der Waals surface area contributed by atoms with Gasteiger partial charge in [0, 0.05) is 6.92 Å². The number of benzene rings is 1. The molecule has 1 N–H and O–H groups in total. The maximum Gasteiger partial charge on any atom is 0.332 e. The third kappa shape index (κ3) is 15.0. The van der Waals surface area contributed by atoms with Gasteiger partial charge in [-0.05, 0) is 37.7 Å². The largest absolute Gasteiger partial charge is 0.479 e. The average Bonchev–Trinajstić information content (AvgIpc) is 2.77. The fourth-order valence-electron chi connectivity index (χ4n) is 3.93. The lowest BCUT2D eigenvalue weighted by Gasteiger charge is -2.17. The molecule has 0 radical (unpaired) electrons. The van der Waals surface area contributed by atoms with E-state index in [9.17, 15) is 14.7 Å². The SMILES string of the molecule is CCCCCCC(CCCCCCCCCC(OCc1ccccc1)C(=O)O)OC(C)=O. The van der Waals surface area contributed by atoms with Crippen molar-refractivity contribution in [2.45, 2.75) is 123 Å². The van der Waals surface area contributed by atoms with Crippen molar-refractivity contribution in [1.82, 2.24) is 0 Å². The third-order valence-corrected chi connectivity index (χ3v) is 5.77. The van der Waals surface area contributed by atoms with E-state index in [1.54, 1.807) is 0 Å². The van der Waals surface area contributed by atoms with Gasteiger partial charge in [-0.2, -0.15) is 0 Å². The van der Waals surface area contributed by atoms with E-state index in [0.717, 1.165) is 63.4 Å². The van der Waals surface area contributed by atoms with Crippen molar-refractivity contribution in [3.05, 3.63) is 35.9 Å². The number of rotatable bonds is 20. The quantitative estimate of drug-likeness (QED) is 0.171. The first-order valence-corrected chi connectivity index (χ1v) is 12.6. The first-order valence-electron chi connectivity index (χ1n) is 12.6. The van der Waals surface area contributed by atoms with Crippen LogP contribution in [0.25, 0.3) is 0 Å². The molecule has 0 bridgehead atoms. The minimum Gasteiger partial charge on any atom is -0.479 e. The number of esters is 1. The van der Waals surface area contributed by atoms with Crippen LogP contribution in [0.2, 0.25) is 0 Å². The fourth-order valence-corrected chi connectivity index (χ4v) is 3.93. The molecule has 0 aromatic heterocycles. The Labute approximate surface area is 194 Å². The van der Waals surface area contributed by atoms with E-state index >= 15 is 0 Å². The van der Waals surface area contributed by atoms with E-state index in [-0.39, 0.29) is 12.1 Å². The second kappa shape index (κ2) is 18.7. The Bertz CT molecular complexity index is 601. The fraction of sp³-hybridized carbons (Fsp3) is 0.704. The number of ether oxygens (including phenoxy) is 2. The number of carboxylic acids is 1. The molecule has 0 heterocycles. The van der Waals surface area contributed by atoms with E-state index < -0.39 is 12.1 Å². The second-order valence-corrected chi connectivity index (χ2v) is 8.76. The van der Waals surface area contributed by atoms with Crippen LogP contribution < -0.4 is 0 Å². The Kier molecular flexibility index (Phi) is 16.4. The summed E-state index contributed by atoms with van der Waals surface area (Å²) < 4.78 is 11.1. The van der Waals surface area contributed by atoms with Crippen molar-refractivity contribution in [2.75, 3.05) is 0 Å². The molecule has 1 rings (SSSR count). The number of hydrogen-bond donors (Lipinski definition) is 1. The van der Waals surface area contributed by atoms with Crippen LogP contribution in [0.15, 0.2) is 30.3 Å². The van der Waals surface area contributed by atoms with E-state index in [1.807, 2.05) is 30.3 Å². The van der Waals surface area contributed by atoms with Crippen LogP contribution >= 0.6 is 0 Å². The third-order valence-electron chi connectivity index (χ3n) is 5.77. The molecule has 0 amide bonds. The van der Waals surface area contributed by atoms with Crippen LogP contribution in [0.3, 0.4) is 0 Å². The molecule has 1 aromatic carbocycles. The summed E-state index contributed by atoms with van der Waals surface area (Å²) >= 11 is 0. The summed E-state index contributed by atoms with van der Waals surface area (Å²) in [5, 5.41) is 9.37. The van der Waals surface area contributed by atoms with Crippen molar-refractivity contribution in [3.8, 4) is 0 Å². The zero-order valence-electron chi connectivity index (χ0n) is 20.2. The average molecular weight is 449 g/mol. The van der Waals surface area contributed by atoms with Crippen LogP contribution in [0.5, 0.6) is 0 Å². The molecule has 5 heteroatoms. The van der Waals surface area contributed by atoms with E-state index in [0.29, 0.717) is 13.0 Å². The Hall–Kier alpha value is -1.88. The van der Waals surface area contributed by atoms with Gasteiger partial charge in [0.05, 0.1) is 6.61 Å². The molecular formula is C27H44O5. The molecule has 182 valence electrons. The molecule has 0 aliphatic rings. The number of carboxylic acid groups (broad SMARTS) is 1. The summed E-state index contributed by atoms with van der Waals surface area (Å²) in [4.78, 5) is 22.7. The van der Waals surface area contributed by atoms with Gasteiger partial charge in [-0.15, -0.1) is 0 Å². The van der Waals surface area contributed by atoms with E-state index in [2.05, 4.69) is 6.92 Å². The summed E-state index contributed by atoms with van der Waals surface area (Å²) in [5.74, 6) is -1.05. The Morgan fingerprint density at radius 1 is 0.812 bits per heavy atom. The molecule has 2 unspecified atom stereocenters. The highest BCUT2D eigenvalue weighted by Crippen LogP contribution is 2.17. The van der Waals surface area contributed by atoms with Crippen LogP contribution in [0.1, 0.15) is 109 Å².